The van der Waals surface area contributed by atoms with Crippen LogP contribution in [0.3, 0.4) is 0 Å². The molecule has 2 aromatic rings. The lowest BCUT2D eigenvalue weighted by Crippen LogP contribution is -2.26. The zero-order valence-electron chi connectivity index (χ0n) is 11.1. The second-order valence-corrected chi connectivity index (χ2v) is 4.46. The van der Waals surface area contributed by atoms with Crippen molar-refractivity contribution in [2.75, 3.05) is 7.05 Å². The van der Waals surface area contributed by atoms with Crippen molar-refractivity contribution in [2.24, 2.45) is 0 Å². The second kappa shape index (κ2) is 4.72. The third kappa shape index (κ3) is 2.18. The van der Waals surface area contributed by atoms with Gasteiger partial charge in [-0.1, -0.05) is 0 Å². The topological polar surface area (TPSA) is 46.6 Å². The van der Waals surface area contributed by atoms with E-state index in [2.05, 4.69) is 0 Å². The van der Waals surface area contributed by atoms with Gasteiger partial charge in [0.15, 0.2) is 0 Å². The van der Waals surface area contributed by atoms with Crippen LogP contribution in [-0.4, -0.2) is 17.9 Å². The third-order valence-corrected chi connectivity index (χ3v) is 3.10. The first-order chi connectivity index (χ1) is 8.50. The zero-order valence-corrected chi connectivity index (χ0v) is 11.1. The molecule has 0 aliphatic heterocycles. The molecule has 0 aliphatic carbocycles. The predicted octanol–water partition coefficient (Wildman–Crippen LogP) is 3.07. The van der Waals surface area contributed by atoms with Gasteiger partial charge in [0, 0.05) is 12.6 Å². The highest BCUT2D eigenvalue weighted by atomic mass is 16.3. The van der Waals surface area contributed by atoms with Crippen molar-refractivity contribution in [1.29, 1.82) is 0 Å². The van der Waals surface area contributed by atoms with Crippen molar-refractivity contribution in [3.8, 4) is 0 Å². The summed E-state index contributed by atoms with van der Waals surface area (Å²) in [4.78, 5) is 14.0. The molecule has 0 spiro atoms. The Morgan fingerprint density at radius 3 is 2.50 bits per heavy atom. The second-order valence-electron chi connectivity index (χ2n) is 4.46. The Labute approximate surface area is 106 Å². The zero-order chi connectivity index (χ0) is 13.3. The molecular weight excluding hydrogens is 230 g/mol. The minimum absolute atomic E-state index is 0.0433. The van der Waals surface area contributed by atoms with Crippen LogP contribution in [0.4, 0.5) is 0 Å². The monoisotopic (exact) mass is 247 g/mol. The van der Waals surface area contributed by atoms with Crippen LogP contribution in [0.2, 0.25) is 0 Å². The Hall–Kier alpha value is -1.97. The lowest BCUT2D eigenvalue weighted by atomic mass is 10.1. The van der Waals surface area contributed by atoms with Crippen LogP contribution in [0.25, 0.3) is 0 Å². The van der Waals surface area contributed by atoms with Gasteiger partial charge in [0.05, 0.1) is 18.4 Å². The van der Waals surface area contributed by atoms with Crippen LogP contribution in [-0.2, 0) is 6.54 Å². The summed E-state index contributed by atoms with van der Waals surface area (Å²) >= 11 is 0. The quantitative estimate of drug-likeness (QED) is 0.837. The van der Waals surface area contributed by atoms with Gasteiger partial charge in [-0.15, -0.1) is 0 Å². The van der Waals surface area contributed by atoms with Crippen LogP contribution in [0, 0.1) is 20.8 Å². The highest BCUT2D eigenvalue weighted by Gasteiger charge is 2.22. The number of aryl methyl sites for hydroxylation is 2. The molecule has 96 valence electrons. The van der Waals surface area contributed by atoms with E-state index in [0.717, 1.165) is 17.1 Å². The summed E-state index contributed by atoms with van der Waals surface area (Å²) in [6.07, 6.45) is 1.60. The predicted molar refractivity (Wildman–Crippen MR) is 67.4 cm³/mol. The van der Waals surface area contributed by atoms with Crippen molar-refractivity contribution in [3.05, 3.63) is 46.8 Å². The number of hydrogen-bond acceptors (Lipinski definition) is 3. The first-order valence-corrected chi connectivity index (χ1v) is 5.85. The summed E-state index contributed by atoms with van der Waals surface area (Å²) in [6.45, 7) is 6.04. The molecule has 0 aromatic carbocycles. The number of carbonyl (C=O) groups excluding carboxylic acids is 1. The molecule has 0 atom stereocenters. The van der Waals surface area contributed by atoms with E-state index in [1.165, 1.54) is 0 Å². The van der Waals surface area contributed by atoms with E-state index in [-0.39, 0.29) is 5.91 Å². The Morgan fingerprint density at radius 1 is 1.28 bits per heavy atom. The van der Waals surface area contributed by atoms with E-state index in [9.17, 15) is 4.79 Å². The minimum atomic E-state index is -0.0433. The molecule has 0 fully saturated rings. The fourth-order valence-electron chi connectivity index (χ4n) is 2.01. The largest absolute Gasteiger partial charge is 0.467 e. The molecule has 2 rings (SSSR count). The number of rotatable bonds is 3. The molecule has 4 heteroatoms. The Morgan fingerprint density at radius 2 is 2.00 bits per heavy atom. The van der Waals surface area contributed by atoms with Gasteiger partial charge in [-0.3, -0.25) is 4.79 Å². The minimum Gasteiger partial charge on any atom is -0.467 e. The Kier molecular flexibility index (Phi) is 3.28. The van der Waals surface area contributed by atoms with Crippen molar-refractivity contribution in [3.63, 3.8) is 0 Å². The molecule has 18 heavy (non-hydrogen) atoms. The van der Waals surface area contributed by atoms with Crippen LogP contribution in [0.15, 0.2) is 27.2 Å². The van der Waals surface area contributed by atoms with Crippen molar-refractivity contribution >= 4 is 5.91 Å². The number of furan rings is 2. The first kappa shape index (κ1) is 12.5. The summed E-state index contributed by atoms with van der Waals surface area (Å²) in [5.74, 6) is 2.18. The summed E-state index contributed by atoms with van der Waals surface area (Å²) in [6, 6.07) is 3.66. The molecule has 0 N–H and O–H groups in total. The van der Waals surface area contributed by atoms with E-state index in [1.54, 1.807) is 18.2 Å². The highest BCUT2D eigenvalue weighted by Crippen LogP contribution is 2.22. The molecular formula is C14H17NO3. The average molecular weight is 247 g/mol. The van der Waals surface area contributed by atoms with Crippen molar-refractivity contribution in [1.82, 2.24) is 4.90 Å². The molecule has 0 saturated heterocycles. The lowest BCUT2D eigenvalue weighted by molar-refractivity contribution is 0.0773. The Bertz CT molecular complexity index is 552. The maximum absolute atomic E-state index is 12.4. The van der Waals surface area contributed by atoms with Crippen molar-refractivity contribution in [2.45, 2.75) is 27.3 Å². The van der Waals surface area contributed by atoms with Crippen LogP contribution < -0.4 is 0 Å². The summed E-state index contributed by atoms with van der Waals surface area (Å²) in [5.41, 5.74) is 1.56. The molecule has 0 radical (unpaired) electrons. The van der Waals surface area contributed by atoms with E-state index >= 15 is 0 Å². The van der Waals surface area contributed by atoms with Gasteiger partial charge in [0.2, 0.25) is 0 Å². The third-order valence-electron chi connectivity index (χ3n) is 3.10. The van der Waals surface area contributed by atoms with Gasteiger partial charge in [0.25, 0.3) is 5.91 Å². The molecule has 1 amide bonds. The molecule has 0 saturated carbocycles. The summed E-state index contributed by atoms with van der Waals surface area (Å²) in [5, 5.41) is 0. The molecule has 2 heterocycles. The summed E-state index contributed by atoms with van der Waals surface area (Å²) in [7, 11) is 1.76. The van der Waals surface area contributed by atoms with Gasteiger partial charge in [-0.25, -0.2) is 0 Å². The van der Waals surface area contributed by atoms with Gasteiger partial charge in [-0.05, 0) is 32.9 Å². The number of amides is 1. The normalized spacial score (nSPS) is 10.7. The maximum Gasteiger partial charge on any atom is 0.257 e. The van der Waals surface area contributed by atoms with E-state index in [4.69, 9.17) is 8.83 Å². The first-order valence-electron chi connectivity index (χ1n) is 5.85. The highest BCUT2D eigenvalue weighted by molar-refractivity contribution is 5.96. The lowest BCUT2D eigenvalue weighted by Gasteiger charge is -2.15. The smallest absolute Gasteiger partial charge is 0.257 e. The van der Waals surface area contributed by atoms with Gasteiger partial charge < -0.3 is 13.7 Å². The Balaban J connectivity index is 2.20. The van der Waals surface area contributed by atoms with Crippen LogP contribution in [0.5, 0.6) is 0 Å². The van der Waals surface area contributed by atoms with Crippen LogP contribution >= 0.6 is 0 Å². The number of nitrogens with zero attached hydrogens (tertiary/aromatic N) is 1. The summed E-state index contributed by atoms with van der Waals surface area (Å²) < 4.78 is 10.7. The standard InChI is InChI=1S/C14H17NO3/c1-9-10(2)18-11(3)13(9)14(16)15(4)8-12-6-5-7-17-12/h5-7H,8H2,1-4H3. The van der Waals surface area contributed by atoms with Gasteiger partial charge in [-0.2, -0.15) is 0 Å². The maximum atomic E-state index is 12.4. The molecule has 0 aliphatic rings. The van der Waals surface area contributed by atoms with Gasteiger partial charge in [0.1, 0.15) is 17.3 Å². The SMILES string of the molecule is Cc1oc(C)c(C(=O)N(C)Cc2ccco2)c1C. The van der Waals surface area contributed by atoms with Crippen LogP contribution in [0.1, 0.15) is 33.2 Å². The molecule has 4 nitrogen and oxygen atoms in total. The fraction of sp³-hybridized carbons (Fsp3) is 0.357. The average Bonchev–Trinajstić information content (AvgIpc) is 2.88. The molecule has 0 unspecified atom stereocenters. The van der Waals surface area contributed by atoms with Gasteiger partial charge >= 0.3 is 0 Å². The molecule has 2 aromatic heterocycles. The van der Waals surface area contributed by atoms with Crippen molar-refractivity contribution < 1.29 is 13.6 Å². The molecule has 0 bridgehead atoms. The number of hydrogen-bond donors (Lipinski definition) is 0. The fourth-order valence-corrected chi connectivity index (χ4v) is 2.01. The van der Waals surface area contributed by atoms with E-state index in [0.29, 0.717) is 17.9 Å². The number of carbonyl (C=O) groups is 1. The van der Waals surface area contributed by atoms with E-state index in [1.807, 2.05) is 32.9 Å². The van der Waals surface area contributed by atoms with E-state index < -0.39 is 0 Å².